The Hall–Kier alpha value is -3.76. The first-order valence-electron chi connectivity index (χ1n) is 10.7. The Balaban J connectivity index is 1.33. The van der Waals surface area contributed by atoms with Crippen molar-refractivity contribution in [3.63, 3.8) is 0 Å². The second-order valence-electron chi connectivity index (χ2n) is 8.27. The van der Waals surface area contributed by atoms with Crippen molar-refractivity contribution in [1.29, 1.82) is 0 Å². The topological polar surface area (TPSA) is 97.6 Å². The maximum atomic E-state index is 12.6. The minimum atomic E-state index is -0.318. The number of hydrogen-bond donors (Lipinski definition) is 2. The monoisotopic (exact) mass is 487 g/mol. The number of hydrogen-bond acceptors (Lipinski definition) is 7. The maximum absolute atomic E-state index is 12.6. The molecule has 0 fully saturated rings. The Labute approximate surface area is 205 Å². The summed E-state index contributed by atoms with van der Waals surface area (Å²) in [7, 11) is 0. The van der Waals surface area contributed by atoms with E-state index in [1.54, 1.807) is 23.0 Å². The number of amides is 1. The number of aryl methyl sites for hydroxylation is 1. The average Bonchev–Trinajstić information content (AvgIpc) is 3.45. The van der Waals surface area contributed by atoms with Gasteiger partial charge in [0.25, 0.3) is 5.91 Å². The van der Waals surface area contributed by atoms with Crippen LogP contribution in [0.1, 0.15) is 41.3 Å². The summed E-state index contributed by atoms with van der Waals surface area (Å²) >= 11 is 6.49. The van der Waals surface area contributed by atoms with Gasteiger partial charge in [-0.25, -0.2) is 0 Å². The van der Waals surface area contributed by atoms with Gasteiger partial charge < -0.3 is 5.32 Å². The van der Waals surface area contributed by atoms with Crippen molar-refractivity contribution in [3.05, 3.63) is 71.3 Å². The molecular weight excluding hydrogens is 466 g/mol. The van der Waals surface area contributed by atoms with Crippen molar-refractivity contribution in [2.45, 2.75) is 26.7 Å². The van der Waals surface area contributed by atoms with Crippen molar-refractivity contribution in [1.82, 2.24) is 29.1 Å². The van der Waals surface area contributed by atoms with E-state index in [-0.39, 0.29) is 11.0 Å². The number of anilines is 1. The lowest BCUT2D eigenvalue weighted by Gasteiger charge is -2.11. The largest absolute Gasteiger partial charge is 0.332 e. The van der Waals surface area contributed by atoms with Crippen molar-refractivity contribution in [2.75, 3.05) is 5.32 Å². The maximum Gasteiger partial charge on any atom is 0.257 e. The summed E-state index contributed by atoms with van der Waals surface area (Å²) < 4.78 is 8.32. The van der Waals surface area contributed by atoms with Gasteiger partial charge in [0.1, 0.15) is 22.1 Å². The third-order valence-corrected chi connectivity index (χ3v) is 6.27. The lowest BCUT2D eigenvalue weighted by atomic mass is 10.0. The van der Waals surface area contributed by atoms with Crippen LogP contribution in [0.4, 0.5) is 5.69 Å². The van der Waals surface area contributed by atoms with E-state index in [0.717, 1.165) is 45.2 Å². The van der Waals surface area contributed by atoms with Crippen LogP contribution in [0, 0.1) is 6.92 Å². The highest BCUT2D eigenvalue weighted by Gasteiger charge is 2.13. The normalized spacial score (nSPS) is 11.3. The van der Waals surface area contributed by atoms with E-state index >= 15 is 0 Å². The first-order chi connectivity index (χ1) is 16.4. The lowest BCUT2D eigenvalue weighted by Crippen LogP contribution is -2.34. The number of thiocarbonyl (C=S) groups is 1. The quantitative estimate of drug-likeness (QED) is 0.345. The molecule has 0 saturated carbocycles. The van der Waals surface area contributed by atoms with E-state index in [2.05, 4.69) is 55.6 Å². The van der Waals surface area contributed by atoms with Crippen molar-refractivity contribution >= 4 is 62.7 Å². The highest BCUT2D eigenvalue weighted by Crippen LogP contribution is 2.23. The molecule has 170 valence electrons. The van der Waals surface area contributed by atoms with Crippen LogP contribution in [0.15, 0.2) is 54.6 Å². The van der Waals surface area contributed by atoms with Crippen LogP contribution in [-0.2, 0) is 0 Å². The molecule has 0 bridgehead atoms. The predicted molar refractivity (Wildman–Crippen MR) is 139 cm³/mol. The number of nitrogens with one attached hydrogen (secondary N) is 2. The van der Waals surface area contributed by atoms with Crippen LogP contribution < -0.4 is 10.6 Å². The second kappa shape index (κ2) is 8.88. The Morgan fingerprint density at radius 2 is 1.65 bits per heavy atom. The summed E-state index contributed by atoms with van der Waals surface area (Å²) in [6.07, 6.45) is 0. The van der Waals surface area contributed by atoms with Gasteiger partial charge in [-0.1, -0.05) is 26.0 Å². The van der Waals surface area contributed by atoms with Gasteiger partial charge >= 0.3 is 0 Å². The molecular formula is C24H21N7OS2. The molecule has 2 N–H and O–H groups in total. The van der Waals surface area contributed by atoms with Crippen molar-refractivity contribution in [2.24, 2.45) is 0 Å². The molecule has 0 saturated heterocycles. The SMILES string of the molecule is Cc1cc2nn(-c3ccc(C(C)C)cc3)nc2cc1NC(=S)NC(=O)c1ccc2nsnc2c1. The minimum Gasteiger partial charge on any atom is -0.332 e. The van der Waals surface area contributed by atoms with E-state index in [9.17, 15) is 4.79 Å². The van der Waals surface area contributed by atoms with Gasteiger partial charge in [-0.15, -0.1) is 10.2 Å². The fourth-order valence-corrected chi connectivity index (χ4v) is 4.28. The van der Waals surface area contributed by atoms with Gasteiger partial charge in [0.2, 0.25) is 0 Å². The third-order valence-electron chi connectivity index (χ3n) is 5.51. The zero-order chi connectivity index (χ0) is 23.8. The van der Waals surface area contributed by atoms with E-state index in [4.69, 9.17) is 12.2 Å². The van der Waals surface area contributed by atoms with Crippen molar-refractivity contribution < 1.29 is 4.79 Å². The van der Waals surface area contributed by atoms with Crippen LogP contribution >= 0.6 is 23.9 Å². The first kappa shape index (κ1) is 22.1. The van der Waals surface area contributed by atoms with Gasteiger partial charge in [-0.3, -0.25) is 10.1 Å². The predicted octanol–water partition coefficient (Wildman–Crippen LogP) is 4.98. The molecule has 10 heteroatoms. The summed E-state index contributed by atoms with van der Waals surface area (Å²) in [4.78, 5) is 14.3. The molecule has 5 aromatic rings. The standard InChI is InChI=1S/C24H21N7OS2/c1-13(2)15-4-7-17(8-5-15)31-27-20-10-14(3)19(12-21(20)28-31)25-24(33)26-23(32)16-6-9-18-22(11-16)30-34-29-18/h4-13H,1-3H3,(H2,25,26,32,33). The molecule has 5 rings (SSSR count). The van der Waals surface area contributed by atoms with Gasteiger partial charge in [0, 0.05) is 11.3 Å². The molecule has 2 heterocycles. The molecule has 1 amide bonds. The van der Waals surface area contributed by atoms with E-state index in [1.807, 2.05) is 31.2 Å². The van der Waals surface area contributed by atoms with Gasteiger partial charge in [0.15, 0.2) is 5.11 Å². The van der Waals surface area contributed by atoms with E-state index < -0.39 is 0 Å². The highest BCUT2D eigenvalue weighted by atomic mass is 32.1. The molecule has 0 aliphatic heterocycles. The molecule has 0 aliphatic rings. The molecule has 3 aromatic carbocycles. The molecule has 0 radical (unpaired) electrons. The second-order valence-corrected chi connectivity index (χ2v) is 9.20. The molecule has 0 unspecified atom stereocenters. The zero-order valence-corrected chi connectivity index (χ0v) is 20.4. The molecule has 0 spiro atoms. The fraction of sp³-hybridized carbons (Fsp3) is 0.167. The van der Waals surface area contributed by atoms with Crippen LogP contribution in [0.5, 0.6) is 0 Å². The van der Waals surface area contributed by atoms with Crippen LogP contribution in [-0.4, -0.2) is 34.8 Å². The number of benzene rings is 3. The Morgan fingerprint density at radius 1 is 0.941 bits per heavy atom. The summed E-state index contributed by atoms with van der Waals surface area (Å²) in [6, 6.07) is 17.2. The smallest absolute Gasteiger partial charge is 0.257 e. The Kier molecular flexibility index (Phi) is 5.76. The summed E-state index contributed by atoms with van der Waals surface area (Å²) in [5.74, 6) is 0.147. The lowest BCUT2D eigenvalue weighted by molar-refractivity contribution is 0.0978. The number of rotatable bonds is 4. The molecule has 8 nitrogen and oxygen atoms in total. The fourth-order valence-electron chi connectivity index (χ4n) is 3.56. The van der Waals surface area contributed by atoms with Crippen LogP contribution in [0.25, 0.3) is 27.8 Å². The van der Waals surface area contributed by atoms with Gasteiger partial charge in [-0.05, 0) is 78.7 Å². The Morgan fingerprint density at radius 3 is 2.38 bits per heavy atom. The van der Waals surface area contributed by atoms with Crippen molar-refractivity contribution in [3.8, 4) is 5.69 Å². The zero-order valence-electron chi connectivity index (χ0n) is 18.7. The molecule has 0 aliphatic carbocycles. The number of nitrogens with zero attached hydrogens (tertiary/aromatic N) is 5. The molecule has 2 aromatic heterocycles. The van der Waals surface area contributed by atoms with Gasteiger partial charge in [-0.2, -0.15) is 13.5 Å². The van der Waals surface area contributed by atoms with Crippen LogP contribution in [0.2, 0.25) is 0 Å². The molecule has 34 heavy (non-hydrogen) atoms. The van der Waals surface area contributed by atoms with Crippen LogP contribution in [0.3, 0.4) is 0 Å². The molecule has 0 atom stereocenters. The highest BCUT2D eigenvalue weighted by molar-refractivity contribution is 7.80. The summed E-state index contributed by atoms with van der Waals surface area (Å²) in [6.45, 7) is 6.28. The van der Waals surface area contributed by atoms with E-state index in [1.165, 1.54) is 5.56 Å². The summed E-state index contributed by atoms with van der Waals surface area (Å²) in [5, 5.41) is 15.2. The average molecular weight is 488 g/mol. The number of fused-ring (bicyclic) bond motifs is 2. The number of carbonyl (C=O) groups is 1. The summed E-state index contributed by atoms with van der Waals surface area (Å²) in [5.41, 5.74) is 7.23. The first-order valence-corrected chi connectivity index (χ1v) is 11.8. The number of carbonyl (C=O) groups excluding carboxylic acids is 1. The third kappa shape index (κ3) is 4.37. The van der Waals surface area contributed by atoms with Gasteiger partial charge in [0.05, 0.1) is 17.4 Å². The minimum absolute atomic E-state index is 0.195. The number of aromatic nitrogens is 5. The Bertz CT molecular complexity index is 1540. The van der Waals surface area contributed by atoms with E-state index in [0.29, 0.717) is 17.0 Å².